The van der Waals surface area contributed by atoms with Crippen LogP contribution in [-0.2, 0) is 10.0 Å². The molecule has 21 heavy (non-hydrogen) atoms. The van der Waals surface area contributed by atoms with Crippen molar-refractivity contribution in [1.29, 1.82) is 0 Å². The number of nitrogens with zero attached hydrogens (tertiary/aromatic N) is 4. The molecule has 2 heterocycles. The van der Waals surface area contributed by atoms with Crippen molar-refractivity contribution in [2.24, 2.45) is 5.73 Å². The van der Waals surface area contributed by atoms with E-state index < -0.39 is 10.0 Å². The zero-order valence-electron chi connectivity index (χ0n) is 11.2. The van der Waals surface area contributed by atoms with E-state index in [9.17, 15) is 8.42 Å². The van der Waals surface area contributed by atoms with Gasteiger partial charge in [-0.15, -0.1) is 5.10 Å². The van der Waals surface area contributed by atoms with Crippen molar-refractivity contribution in [2.45, 2.75) is 18.7 Å². The molecule has 0 bridgehead atoms. The Kier molecular flexibility index (Phi) is 4.09. The fourth-order valence-corrected chi connectivity index (χ4v) is 2.37. The lowest BCUT2D eigenvalue weighted by molar-refractivity contribution is 0.600. The monoisotopic (exact) mass is 324 g/mol. The quantitative estimate of drug-likeness (QED) is 0.771. The largest absolute Gasteiger partial charge is 0.388 e. The maximum absolute atomic E-state index is 12.2. The lowest BCUT2D eigenvalue weighted by Crippen LogP contribution is -2.17. The lowest BCUT2D eigenvalue weighted by Gasteiger charge is -2.07. The Balaban J connectivity index is 2.29. The lowest BCUT2D eigenvalue weighted by atomic mass is 10.3. The van der Waals surface area contributed by atoms with E-state index in [0.717, 1.165) is 6.20 Å². The van der Waals surface area contributed by atoms with Crippen LogP contribution in [-0.4, -0.2) is 33.6 Å². The van der Waals surface area contributed by atoms with E-state index in [-0.39, 0.29) is 15.8 Å². The van der Waals surface area contributed by atoms with Crippen molar-refractivity contribution in [1.82, 2.24) is 20.2 Å². The highest BCUT2D eigenvalue weighted by Crippen LogP contribution is 2.12. The molecule has 0 aromatic carbocycles. The number of aryl methyl sites for hydroxylation is 2. The van der Waals surface area contributed by atoms with E-state index in [2.05, 4.69) is 24.9 Å². The van der Waals surface area contributed by atoms with Crippen LogP contribution in [0.25, 0.3) is 0 Å². The second-order valence-corrected chi connectivity index (χ2v) is 6.28. The predicted octanol–water partition coefficient (Wildman–Crippen LogP) is 0.318. The number of hydrogen-bond donors (Lipinski definition) is 2. The summed E-state index contributed by atoms with van der Waals surface area (Å²) >= 11 is 4.75. The molecule has 3 N–H and O–H groups in total. The van der Waals surface area contributed by atoms with Gasteiger partial charge in [0.1, 0.15) is 9.88 Å². The van der Waals surface area contributed by atoms with Gasteiger partial charge in [-0.05, 0) is 26.0 Å². The Bertz CT molecular complexity index is 789. The minimum absolute atomic E-state index is 0.0515. The summed E-state index contributed by atoms with van der Waals surface area (Å²) in [5.74, 6) is -0.100. The molecule has 0 amide bonds. The van der Waals surface area contributed by atoms with Crippen molar-refractivity contribution in [3.05, 3.63) is 35.4 Å². The van der Waals surface area contributed by atoms with E-state index in [1.165, 1.54) is 12.1 Å². The summed E-state index contributed by atoms with van der Waals surface area (Å²) in [6, 6.07) is 2.77. The maximum Gasteiger partial charge on any atom is 0.265 e. The molecular weight excluding hydrogens is 312 g/mol. The molecule has 0 fully saturated rings. The first-order chi connectivity index (χ1) is 9.79. The first-order valence-electron chi connectivity index (χ1n) is 5.76. The Labute approximate surface area is 126 Å². The highest BCUT2D eigenvalue weighted by Gasteiger charge is 2.17. The molecule has 0 aliphatic carbocycles. The summed E-state index contributed by atoms with van der Waals surface area (Å²) in [5.41, 5.74) is 6.96. The molecule has 10 heteroatoms. The standard InChI is InChI=1S/C11H12N6O2S2/c1-6-7(2)15-16-11(14-6)17-21(18,19)8-3-4-9(10(12)20)13-5-8/h3-5H,1-2H3,(H2,12,20)(H,14,16,17). The van der Waals surface area contributed by atoms with Crippen molar-refractivity contribution < 1.29 is 8.42 Å². The van der Waals surface area contributed by atoms with Crippen LogP contribution in [0.1, 0.15) is 17.1 Å². The van der Waals surface area contributed by atoms with E-state index >= 15 is 0 Å². The van der Waals surface area contributed by atoms with Gasteiger partial charge in [-0.2, -0.15) is 5.10 Å². The Morgan fingerprint density at radius 3 is 2.48 bits per heavy atom. The summed E-state index contributed by atoms with van der Waals surface area (Å²) < 4.78 is 26.5. The zero-order valence-corrected chi connectivity index (χ0v) is 12.9. The summed E-state index contributed by atoms with van der Waals surface area (Å²) in [7, 11) is -3.85. The van der Waals surface area contributed by atoms with E-state index in [0.29, 0.717) is 17.1 Å². The Morgan fingerprint density at radius 2 is 1.95 bits per heavy atom. The molecule has 0 saturated carbocycles. The van der Waals surface area contributed by atoms with Crippen molar-refractivity contribution >= 4 is 33.2 Å². The van der Waals surface area contributed by atoms with E-state index in [1.807, 2.05) is 0 Å². The second kappa shape index (κ2) is 5.66. The third-order valence-corrected chi connectivity index (χ3v) is 4.14. The molecule has 0 atom stereocenters. The predicted molar refractivity (Wildman–Crippen MR) is 80.2 cm³/mol. The number of thiocarbonyl (C=S) groups is 1. The molecule has 0 aliphatic heterocycles. The number of sulfonamides is 1. The number of rotatable bonds is 4. The third kappa shape index (κ3) is 3.47. The van der Waals surface area contributed by atoms with Crippen molar-refractivity contribution in [2.75, 3.05) is 4.72 Å². The minimum Gasteiger partial charge on any atom is -0.388 e. The molecule has 0 spiro atoms. The zero-order chi connectivity index (χ0) is 15.6. The fourth-order valence-electron chi connectivity index (χ4n) is 1.36. The smallest absolute Gasteiger partial charge is 0.265 e. The van der Waals surface area contributed by atoms with Crippen molar-refractivity contribution in [3.63, 3.8) is 0 Å². The molecule has 110 valence electrons. The number of nitrogens with two attached hydrogens (primary N) is 1. The highest BCUT2D eigenvalue weighted by molar-refractivity contribution is 7.92. The van der Waals surface area contributed by atoms with Crippen LogP contribution in [0.5, 0.6) is 0 Å². The van der Waals surface area contributed by atoms with Gasteiger partial charge in [-0.3, -0.25) is 4.98 Å². The van der Waals surface area contributed by atoms with Crippen LogP contribution in [0.3, 0.4) is 0 Å². The van der Waals surface area contributed by atoms with Gasteiger partial charge in [0.2, 0.25) is 0 Å². The van der Waals surface area contributed by atoms with Gasteiger partial charge < -0.3 is 5.73 Å². The van der Waals surface area contributed by atoms with Crippen LogP contribution in [0.2, 0.25) is 0 Å². The summed E-state index contributed by atoms with van der Waals surface area (Å²) in [4.78, 5) is 7.92. The summed E-state index contributed by atoms with van der Waals surface area (Å²) in [6.07, 6.45) is 1.16. The van der Waals surface area contributed by atoms with E-state index in [1.54, 1.807) is 13.8 Å². The first-order valence-corrected chi connectivity index (χ1v) is 7.65. The number of nitrogens with one attached hydrogen (secondary N) is 1. The highest BCUT2D eigenvalue weighted by atomic mass is 32.2. The molecule has 8 nitrogen and oxygen atoms in total. The van der Waals surface area contributed by atoms with Crippen LogP contribution in [0, 0.1) is 13.8 Å². The minimum atomic E-state index is -3.85. The van der Waals surface area contributed by atoms with E-state index in [4.69, 9.17) is 18.0 Å². The number of pyridine rings is 1. The van der Waals surface area contributed by atoms with Crippen LogP contribution >= 0.6 is 12.2 Å². The topological polar surface area (TPSA) is 124 Å². The van der Waals surface area contributed by atoms with Gasteiger partial charge in [0, 0.05) is 6.20 Å². The normalized spacial score (nSPS) is 11.1. The SMILES string of the molecule is Cc1nnc(NS(=O)(=O)c2ccc(C(N)=S)nc2)nc1C. The maximum atomic E-state index is 12.2. The molecule has 2 aromatic rings. The van der Waals surface area contributed by atoms with Crippen molar-refractivity contribution in [3.8, 4) is 0 Å². The molecule has 0 radical (unpaired) electrons. The fraction of sp³-hybridized carbons (Fsp3) is 0.182. The average Bonchev–Trinajstić information content (AvgIpc) is 2.43. The van der Waals surface area contributed by atoms with Gasteiger partial charge in [0.05, 0.1) is 17.1 Å². The molecule has 2 aromatic heterocycles. The number of aromatic nitrogens is 4. The first kappa shape index (κ1) is 15.2. The van der Waals surface area contributed by atoms with Gasteiger partial charge in [0.15, 0.2) is 0 Å². The third-order valence-electron chi connectivity index (χ3n) is 2.62. The van der Waals surface area contributed by atoms with Gasteiger partial charge >= 0.3 is 0 Å². The van der Waals surface area contributed by atoms with Crippen LogP contribution in [0.4, 0.5) is 5.95 Å². The van der Waals surface area contributed by atoms with Gasteiger partial charge in [-0.25, -0.2) is 18.1 Å². The molecule has 0 aliphatic rings. The second-order valence-electron chi connectivity index (χ2n) is 4.16. The molecule has 2 rings (SSSR count). The van der Waals surface area contributed by atoms with Gasteiger partial charge in [-0.1, -0.05) is 12.2 Å². The van der Waals surface area contributed by atoms with Gasteiger partial charge in [0.25, 0.3) is 16.0 Å². The molecular formula is C11H12N6O2S2. The molecule has 0 saturated heterocycles. The molecule has 0 unspecified atom stereocenters. The Hall–Kier alpha value is -2.20. The van der Waals surface area contributed by atoms with Crippen LogP contribution < -0.4 is 10.5 Å². The number of hydrogen-bond acceptors (Lipinski definition) is 7. The van der Waals surface area contributed by atoms with Crippen LogP contribution in [0.15, 0.2) is 23.2 Å². The average molecular weight is 324 g/mol. The summed E-state index contributed by atoms with van der Waals surface area (Å²) in [5, 5.41) is 7.49. The number of anilines is 1. The Morgan fingerprint density at radius 1 is 1.24 bits per heavy atom. The summed E-state index contributed by atoms with van der Waals surface area (Å²) in [6.45, 7) is 3.44.